The van der Waals surface area contributed by atoms with E-state index in [9.17, 15) is 4.79 Å². The number of benzene rings is 2. The Hall–Kier alpha value is -3.65. The van der Waals surface area contributed by atoms with Crippen molar-refractivity contribution in [2.24, 2.45) is 0 Å². The summed E-state index contributed by atoms with van der Waals surface area (Å²) in [5.41, 5.74) is 3.86. The van der Waals surface area contributed by atoms with Gasteiger partial charge in [0.25, 0.3) is 0 Å². The lowest BCUT2D eigenvalue weighted by Gasteiger charge is -2.36. The topological polar surface area (TPSA) is 72.7 Å². The van der Waals surface area contributed by atoms with E-state index in [-0.39, 0.29) is 5.91 Å². The van der Waals surface area contributed by atoms with Crippen molar-refractivity contribution >= 4 is 33.5 Å². The normalized spacial score (nSPS) is 14.2. The smallest absolute Gasteiger partial charge is 0.219 e. The first-order valence-electron chi connectivity index (χ1n) is 11.1. The molecule has 2 aromatic carbocycles. The van der Waals surface area contributed by atoms with E-state index in [0.29, 0.717) is 13.2 Å². The highest BCUT2D eigenvalue weighted by molar-refractivity contribution is 5.92. The van der Waals surface area contributed by atoms with E-state index in [1.54, 1.807) is 20.4 Å². The van der Waals surface area contributed by atoms with Gasteiger partial charge in [0.05, 0.1) is 28.8 Å². The summed E-state index contributed by atoms with van der Waals surface area (Å²) in [7, 11) is 1.66. The molecule has 0 unspecified atom stereocenters. The van der Waals surface area contributed by atoms with E-state index in [2.05, 4.69) is 34.1 Å². The van der Waals surface area contributed by atoms with Crippen LogP contribution in [0.15, 0.2) is 54.9 Å². The molecular formula is C25H27N5O3. The molecule has 8 nitrogen and oxygen atoms in total. The van der Waals surface area contributed by atoms with Gasteiger partial charge in [-0.05, 0) is 30.3 Å². The number of carbonyl (C=O) groups excluding carboxylic acids is 1. The maximum atomic E-state index is 11.7. The molecule has 0 N–H and O–H groups in total. The van der Waals surface area contributed by atoms with Crippen LogP contribution in [0.4, 0.5) is 5.69 Å². The molecule has 1 fully saturated rings. The monoisotopic (exact) mass is 445 g/mol. The Morgan fingerprint density at radius 1 is 1.03 bits per heavy atom. The summed E-state index contributed by atoms with van der Waals surface area (Å²) in [5, 5.41) is 1.09. The highest BCUT2D eigenvalue weighted by atomic mass is 16.5. The minimum atomic E-state index is 0.132. The third-order valence-electron chi connectivity index (χ3n) is 6.07. The van der Waals surface area contributed by atoms with E-state index in [1.165, 1.54) is 0 Å². The van der Waals surface area contributed by atoms with Crippen molar-refractivity contribution in [3.8, 4) is 11.6 Å². The molecule has 1 aliphatic heterocycles. The van der Waals surface area contributed by atoms with Crippen molar-refractivity contribution < 1.29 is 14.3 Å². The second-order valence-electron chi connectivity index (χ2n) is 8.12. The summed E-state index contributed by atoms with van der Waals surface area (Å²) in [5.74, 6) is 1.71. The van der Waals surface area contributed by atoms with Gasteiger partial charge >= 0.3 is 0 Å². The number of anilines is 1. The molecule has 0 bridgehead atoms. The molecule has 0 atom stereocenters. The number of carbonyl (C=O) groups is 1. The summed E-state index contributed by atoms with van der Waals surface area (Å²) >= 11 is 0. The van der Waals surface area contributed by atoms with Gasteiger partial charge in [-0.2, -0.15) is 0 Å². The number of pyridine rings is 1. The van der Waals surface area contributed by atoms with Crippen molar-refractivity contribution in [1.82, 2.24) is 19.4 Å². The first-order valence-corrected chi connectivity index (χ1v) is 11.1. The van der Waals surface area contributed by atoms with Crippen LogP contribution in [0.3, 0.4) is 0 Å². The van der Waals surface area contributed by atoms with Crippen LogP contribution in [0.2, 0.25) is 0 Å². The number of fused-ring (bicyclic) bond motifs is 2. The van der Waals surface area contributed by atoms with E-state index in [4.69, 9.17) is 14.5 Å². The lowest BCUT2D eigenvalue weighted by molar-refractivity contribution is -0.129. The highest BCUT2D eigenvalue weighted by Gasteiger charge is 2.21. The second kappa shape index (κ2) is 9.07. The number of hydrogen-bond acceptors (Lipinski definition) is 6. The van der Waals surface area contributed by atoms with E-state index < -0.39 is 0 Å². The standard InChI is InChI=1S/C25H27N5O3/c1-18(31)28-10-12-29(13-11-28)23-5-3-4-19-6-9-24(27-25(19)23)30-17-26-21-16-20(7-8-22(21)30)33-15-14-32-2/h3-9,16-17H,10-15H2,1-2H3. The Balaban J connectivity index is 1.46. The number of amides is 1. The number of aromatic nitrogens is 3. The minimum absolute atomic E-state index is 0.132. The van der Waals surface area contributed by atoms with Crippen LogP contribution in [0, 0.1) is 0 Å². The fourth-order valence-corrected chi connectivity index (χ4v) is 4.28. The van der Waals surface area contributed by atoms with Gasteiger partial charge in [0.2, 0.25) is 5.91 Å². The fourth-order valence-electron chi connectivity index (χ4n) is 4.28. The molecule has 1 amide bonds. The zero-order valence-corrected chi connectivity index (χ0v) is 18.9. The van der Waals surface area contributed by atoms with E-state index in [0.717, 1.165) is 65.4 Å². The molecular weight excluding hydrogens is 418 g/mol. The number of ether oxygens (including phenoxy) is 2. The van der Waals surface area contributed by atoms with Gasteiger partial charge in [-0.3, -0.25) is 9.36 Å². The highest BCUT2D eigenvalue weighted by Crippen LogP contribution is 2.29. The SMILES string of the molecule is COCCOc1ccc2c(c1)ncn2-c1ccc2cccc(N3CCN(C(C)=O)CC3)c2n1. The summed E-state index contributed by atoms with van der Waals surface area (Å²) in [6.07, 6.45) is 1.80. The summed E-state index contributed by atoms with van der Waals surface area (Å²) in [6.45, 7) is 5.72. The quantitative estimate of drug-likeness (QED) is 0.424. The number of imidazole rings is 1. The first-order chi connectivity index (χ1) is 16.1. The van der Waals surface area contributed by atoms with Gasteiger partial charge in [0.15, 0.2) is 0 Å². The van der Waals surface area contributed by atoms with Gasteiger partial charge in [0.1, 0.15) is 24.5 Å². The van der Waals surface area contributed by atoms with Crippen molar-refractivity contribution in [2.75, 3.05) is 51.4 Å². The Labute approximate surface area is 192 Å². The molecule has 3 heterocycles. The lowest BCUT2D eigenvalue weighted by Crippen LogP contribution is -2.48. The molecule has 5 rings (SSSR count). The number of hydrogen-bond donors (Lipinski definition) is 0. The van der Waals surface area contributed by atoms with Crippen LogP contribution in [-0.2, 0) is 9.53 Å². The van der Waals surface area contributed by atoms with Crippen molar-refractivity contribution in [3.05, 3.63) is 54.9 Å². The Morgan fingerprint density at radius 3 is 2.67 bits per heavy atom. The summed E-state index contributed by atoms with van der Waals surface area (Å²) in [6, 6.07) is 16.2. The number of para-hydroxylation sites is 1. The second-order valence-corrected chi connectivity index (χ2v) is 8.12. The predicted octanol–water partition coefficient (Wildman–Crippen LogP) is 3.27. The van der Waals surface area contributed by atoms with Gasteiger partial charge in [-0.25, -0.2) is 9.97 Å². The molecule has 0 radical (unpaired) electrons. The molecule has 1 saturated heterocycles. The molecule has 0 saturated carbocycles. The fraction of sp³-hybridized carbons (Fsp3) is 0.320. The van der Waals surface area contributed by atoms with Gasteiger partial charge < -0.3 is 19.3 Å². The van der Waals surface area contributed by atoms with Gasteiger partial charge in [-0.1, -0.05) is 12.1 Å². The summed E-state index contributed by atoms with van der Waals surface area (Å²) in [4.78, 5) is 25.5. The lowest BCUT2D eigenvalue weighted by atomic mass is 10.1. The maximum Gasteiger partial charge on any atom is 0.219 e. The third-order valence-corrected chi connectivity index (χ3v) is 6.07. The zero-order valence-electron chi connectivity index (χ0n) is 18.9. The molecule has 4 aromatic rings. The zero-order chi connectivity index (χ0) is 22.8. The van der Waals surface area contributed by atoms with Gasteiger partial charge in [0, 0.05) is 51.7 Å². The van der Waals surface area contributed by atoms with Crippen molar-refractivity contribution in [1.29, 1.82) is 0 Å². The number of nitrogens with zero attached hydrogens (tertiary/aromatic N) is 5. The maximum absolute atomic E-state index is 11.7. The van der Waals surface area contributed by atoms with Crippen LogP contribution in [0.1, 0.15) is 6.92 Å². The Kier molecular flexibility index (Phi) is 5.83. The molecule has 0 aliphatic carbocycles. The first kappa shape index (κ1) is 21.2. The molecule has 8 heteroatoms. The molecule has 33 heavy (non-hydrogen) atoms. The number of rotatable bonds is 6. The largest absolute Gasteiger partial charge is 0.491 e. The molecule has 0 spiro atoms. The molecule has 170 valence electrons. The van der Waals surface area contributed by atoms with Crippen LogP contribution in [0.5, 0.6) is 5.75 Å². The van der Waals surface area contributed by atoms with Crippen molar-refractivity contribution in [3.63, 3.8) is 0 Å². The Bertz CT molecular complexity index is 1290. The molecule has 1 aliphatic rings. The number of methoxy groups -OCH3 is 1. The van der Waals surface area contributed by atoms with E-state index >= 15 is 0 Å². The van der Waals surface area contributed by atoms with Crippen LogP contribution < -0.4 is 9.64 Å². The van der Waals surface area contributed by atoms with Crippen LogP contribution in [0.25, 0.3) is 27.8 Å². The average molecular weight is 446 g/mol. The van der Waals surface area contributed by atoms with Crippen LogP contribution >= 0.6 is 0 Å². The molecule has 2 aromatic heterocycles. The predicted molar refractivity (Wildman–Crippen MR) is 128 cm³/mol. The van der Waals surface area contributed by atoms with Gasteiger partial charge in [-0.15, -0.1) is 0 Å². The Morgan fingerprint density at radius 2 is 1.88 bits per heavy atom. The number of piperazine rings is 1. The third kappa shape index (κ3) is 4.21. The van der Waals surface area contributed by atoms with Crippen molar-refractivity contribution in [2.45, 2.75) is 6.92 Å². The minimum Gasteiger partial charge on any atom is -0.491 e. The van der Waals surface area contributed by atoms with E-state index in [1.807, 2.05) is 33.7 Å². The summed E-state index contributed by atoms with van der Waals surface area (Å²) < 4.78 is 12.8. The average Bonchev–Trinajstić information content (AvgIpc) is 3.27. The van der Waals surface area contributed by atoms with Crippen LogP contribution in [-0.4, -0.2) is 71.8 Å².